The van der Waals surface area contributed by atoms with E-state index in [0.29, 0.717) is 6.04 Å². The summed E-state index contributed by atoms with van der Waals surface area (Å²) in [5, 5.41) is 0. The number of rotatable bonds is 1. The molecule has 0 bridgehead atoms. The van der Waals surface area contributed by atoms with Crippen LogP contribution in [0.3, 0.4) is 0 Å². The first-order valence-corrected chi connectivity index (χ1v) is 9.77. The van der Waals surface area contributed by atoms with Crippen molar-refractivity contribution < 1.29 is 17.5 Å². The minimum atomic E-state index is -4.27. The average molecular weight is 355 g/mol. The van der Waals surface area contributed by atoms with Crippen LogP contribution >= 0.6 is 0 Å². The van der Waals surface area contributed by atoms with Gasteiger partial charge in [-0.2, -0.15) is 4.58 Å². The fraction of sp³-hybridized carbons (Fsp3) is 0.250. The molecule has 2 aliphatic rings. The van der Waals surface area contributed by atoms with Crippen LogP contribution < -0.4 is 0 Å². The number of hydrogen-bond donors (Lipinski definition) is 0. The van der Waals surface area contributed by atoms with E-state index in [4.69, 9.17) is 0 Å². The van der Waals surface area contributed by atoms with Gasteiger partial charge in [0.25, 0.3) is 0 Å². The summed E-state index contributed by atoms with van der Waals surface area (Å²) >= 11 is 0. The highest BCUT2D eigenvalue weighted by molar-refractivity contribution is 7.85. The van der Waals surface area contributed by atoms with Crippen LogP contribution in [0.15, 0.2) is 59.5 Å². The third-order valence-corrected chi connectivity index (χ3v) is 5.26. The summed E-state index contributed by atoms with van der Waals surface area (Å²) in [5.41, 5.74) is 3.65. The standard InChI is InChI=1S/C13H14N.C7H8O3S/c1-2-7-13-11(5-1)8-9-12-6-3-4-10-14(12)13;1-6-2-4-7(5-3-6)11(8,9)10/h1-2,5,7-10,12H,3-4,6H2;2-5H,1H3,(H,8,9,10)/q+1;/p-1. The summed E-state index contributed by atoms with van der Waals surface area (Å²) in [5.74, 6) is 0. The van der Waals surface area contributed by atoms with Crippen molar-refractivity contribution in [2.45, 2.75) is 37.1 Å². The Morgan fingerprint density at radius 3 is 2.52 bits per heavy atom. The van der Waals surface area contributed by atoms with Crippen LogP contribution in [0, 0.1) is 6.92 Å². The maximum Gasteiger partial charge on any atom is 0.212 e. The molecule has 0 fully saturated rings. The van der Waals surface area contributed by atoms with Crippen LogP contribution in [-0.4, -0.2) is 29.8 Å². The van der Waals surface area contributed by atoms with E-state index in [-0.39, 0.29) is 4.90 Å². The fourth-order valence-corrected chi connectivity index (χ4v) is 3.55. The van der Waals surface area contributed by atoms with Gasteiger partial charge in [-0.05, 0) is 43.7 Å². The van der Waals surface area contributed by atoms with Gasteiger partial charge in [0, 0.05) is 24.5 Å². The molecule has 1 atom stereocenters. The van der Waals surface area contributed by atoms with Crippen molar-refractivity contribution in [2.24, 2.45) is 0 Å². The lowest BCUT2D eigenvalue weighted by Crippen LogP contribution is -2.27. The molecule has 0 aromatic heterocycles. The van der Waals surface area contributed by atoms with Gasteiger partial charge in [-0.1, -0.05) is 29.8 Å². The molecule has 0 radical (unpaired) electrons. The van der Waals surface area contributed by atoms with Crippen molar-refractivity contribution in [3.05, 3.63) is 65.7 Å². The van der Waals surface area contributed by atoms with E-state index >= 15 is 0 Å². The molecule has 0 aliphatic carbocycles. The second-order valence-corrected chi connectivity index (χ2v) is 7.65. The first kappa shape index (κ1) is 17.6. The number of aryl methyl sites for hydroxylation is 1. The first-order chi connectivity index (χ1) is 11.9. The summed E-state index contributed by atoms with van der Waals surface area (Å²) in [6.45, 7) is 1.82. The maximum absolute atomic E-state index is 10.4. The molecule has 0 amide bonds. The Balaban J connectivity index is 0.000000151. The summed E-state index contributed by atoms with van der Waals surface area (Å²) in [6, 6.07) is 15.0. The SMILES string of the molecule is C1=CC2CCCC=[N+]2c2ccccc21.Cc1ccc(S(=O)(=O)[O-])cc1. The molecule has 0 N–H and O–H groups in total. The molecule has 2 heterocycles. The topological polar surface area (TPSA) is 60.2 Å². The van der Waals surface area contributed by atoms with Crippen LogP contribution in [0.25, 0.3) is 6.08 Å². The predicted octanol–water partition coefficient (Wildman–Crippen LogP) is 3.88. The van der Waals surface area contributed by atoms with Gasteiger partial charge in [-0.25, -0.2) is 8.42 Å². The highest BCUT2D eigenvalue weighted by atomic mass is 32.2. The monoisotopic (exact) mass is 355 g/mol. The zero-order chi connectivity index (χ0) is 17.9. The number of fused-ring (bicyclic) bond motifs is 3. The molecule has 0 spiro atoms. The Bertz CT molecular complexity index is 912. The third-order valence-electron chi connectivity index (χ3n) is 4.41. The zero-order valence-electron chi connectivity index (χ0n) is 14.1. The molecule has 4 rings (SSSR count). The Morgan fingerprint density at radius 2 is 1.80 bits per heavy atom. The molecule has 25 heavy (non-hydrogen) atoms. The van der Waals surface area contributed by atoms with E-state index < -0.39 is 10.1 Å². The zero-order valence-corrected chi connectivity index (χ0v) is 14.9. The van der Waals surface area contributed by atoms with Crippen molar-refractivity contribution in [1.29, 1.82) is 0 Å². The Hall–Kier alpha value is -2.24. The van der Waals surface area contributed by atoms with Crippen LogP contribution in [0.2, 0.25) is 0 Å². The lowest BCUT2D eigenvalue weighted by Gasteiger charge is -2.20. The normalized spacial score (nSPS) is 18.3. The van der Waals surface area contributed by atoms with Crippen molar-refractivity contribution in [3.8, 4) is 0 Å². The van der Waals surface area contributed by atoms with Crippen molar-refractivity contribution in [1.82, 2.24) is 0 Å². The highest BCUT2D eigenvalue weighted by Crippen LogP contribution is 2.30. The van der Waals surface area contributed by atoms with Crippen LogP contribution in [0.1, 0.15) is 30.4 Å². The number of hydrogen-bond acceptors (Lipinski definition) is 3. The van der Waals surface area contributed by atoms with E-state index in [9.17, 15) is 13.0 Å². The molecule has 1 unspecified atom stereocenters. The quantitative estimate of drug-likeness (QED) is 0.576. The molecule has 4 nitrogen and oxygen atoms in total. The second kappa shape index (κ2) is 7.33. The minimum Gasteiger partial charge on any atom is -0.744 e. The van der Waals surface area contributed by atoms with Crippen molar-refractivity contribution in [2.75, 3.05) is 0 Å². The Kier molecular flexibility index (Phi) is 5.16. The second-order valence-electron chi connectivity index (χ2n) is 6.27. The molecule has 5 heteroatoms. The Labute approximate surface area is 148 Å². The first-order valence-electron chi connectivity index (χ1n) is 8.36. The van der Waals surface area contributed by atoms with Gasteiger partial charge >= 0.3 is 0 Å². The van der Waals surface area contributed by atoms with E-state index in [1.54, 1.807) is 12.1 Å². The molecule has 2 aromatic rings. The molecule has 0 saturated heterocycles. The molecule has 130 valence electrons. The predicted molar refractivity (Wildman–Crippen MR) is 98.2 cm³/mol. The molecule has 2 aliphatic heterocycles. The number of nitrogens with zero attached hydrogens (tertiary/aromatic N) is 1. The summed E-state index contributed by atoms with van der Waals surface area (Å²) in [7, 11) is -4.27. The van der Waals surface area contributed by atoms with Crippen LogP contribution in [-0.2, 0) is 10.1 Å². The van der Waals surface area contributed by atoms with Gasteiger partial charge in [0.1, 0.15) is 16.3 Å². The van der Waals surface area contributed by atoms with Gasteiger partial charge in [-0.3, -0.25) is 0 Å². The molecule has 2 aromatic carbocycles. The molecular weight excluding hydrogens is 334 g/mol. The lowest BCUT2D eigenvalue weighted by atomic mass is 9.98. The van der Waals surface area contributed by atoms with Gasteiger partial charge in [0.15, 0.2) is 6.04 Å². The number of benzene rings is 2. The summed E-state index contributed by atoms with van der Waals surface area (Å²) in [4.78, 5) is -0.178. The van der Waals surface area contributed by atoms with E-state index in [1.807, 2.05) is 6.92 Å². The largest absolute Gasteiger partial charge is 0.744 e. The number of para-hydroxylation sites is 1. The maximum atomic E-state index is 10.4. The third kappa shape index (κ3) is 4.24. The van der Waals surface area contributed by atoms with E-state index in [2.05, 4.69) is 47.2 Å². The molecular formula is C20H21NO3S. The van der Waals surface area contributed by atoms with Gasteiger partial charge in [0.2, 0.25) is 5.69 Å². The summed E-state index contributed by atoms with van der Waals surface area (Å²) < 4.78 is 33.6. The highest BCUT2D eigenvalue weighted by Gasteiger charge is 2.28. The lowest BCUT2D eigenvalue weighted by molar-refractivity contribution is -0.474. The van der Waals surface area contributed by atoms with Gasteiger partial charge in [-0.15, -0.1) is 0 Å². The minimum absolute atomic E-state index is 0.178. The smallest absolute Gasteiger partial charge is 0.212 e. The summed E-state index contributed by atoms with van der Waals surface area (Å²) in [6.07, 6.45) is 10.8. The Morgan fingerprint density at radius 1 is 1.08 bits per heavy atom. The van der Waals surface area contributed by atoms with Gasteiger partial charge in [0.05, 0.1) is 4.90 Å². The molecule has 0 saturated carbocycles. The van der Waals surface area contributed by atoms with E-state index in [0.717, 1.165) is 5.56 Å². The van der Waals surface area contributed by atoms with E-state index in [1.165, 1.54) is 42.6 Å². The van der Waals surface area contributed by atoms with Crippen molar-refractivity contribution in [3.63, 3.8) is 0 Å². The van der Waals surface area contributed by atoms with Crippen LogP contribution in [0.4, 0.5) is 5.69 Å². The van der Waals surface area contributed by atoms with Crippen molar-refractivity contribution >= 4 is 28.1 Å². The fourth-order valence-electron chi connectivity index (χ4n) is 3.08. The van der Waals surface area contributed by atoms with Crippen LogP contribution in [0.5, 0.6) is 0 Å². The average Bonchev–Trinajstić information content (AvgIpc) is 2.62. The van der Waals surface area contributed by atoms with Gasteiger partial charge < -0.3 is 4.55 Å².